The van der Waals surface area contributed by atoms with Crippen LogP contribution >= 0.6 is 0 Å². The van der Waals surface area contributed by atoms with Crippen LogP contribution in [-0.4, -0.2) is 52.6 Å². The monoisotopic (exact) mass is 313 g/mol. The molecule has 122 valence electrons. The van der Waals surface area contributed by atoms with Gasteiger partial charge in [-0.2, -0.15) is 0 Å². The van der Waals surface area contributed by atoms with Crippen LogP contribution in [-0.2, 0) is 17.6 Å². The molecular formula is C17H23N5O. The van der Waals surface area contributed by atoms with Crippen molar-refractivity contribution >= 4 is 17.0 Å². The number of aromatic nitrogens is 3. The average molecular weight is 313 g/mol. The first-order valence-electron chi connectivity index (χ1n) is 8.58. The molecule has 1 saturated heterocycles. The van der Waals surface area contributed by atoms with E-state index in [1.807, 2.05) is 0 Å². The lowest BCUT2D eigenvalue weighted by atomic mass is 10.1. The molecule has 6 heteroatoms. The molecule has 0 spiro atoms. The van der Waals surface area contributed by atoms with Gasteiger partial charge in [-0.05, 0) is 48.9 Å². The van der Waals surface area contributed by atoms with E-state index in [-0.39, 0.29) is 6.17 Å². The Morgan fingerprint density at radius 2 is 1.87 bits per heavy atom. The molecule has 23 heavy (non-hydrogen) atoms. The molecule has 2 aliphatic rings. The third-order valence-corrected chi connectivity index (χ3v) is 4.84. The maximum atomic E-state index is 5.43. The summed E-state index contributed by atoms with van der Waals surface area (Å²) >= 11 is 0. The Morgan fingerprint density at radius 1 is 1.13 bits per heavy atom. The van der Waals surface area contributed by atoms with Gasteiger partial charge in [0, 0.05) is 13.1 Å². The predicted octanol–water partition coefficient (Wildman–Crippen LogP) is 1.99. The van der Waals surface area contributed by atoms with E-state index >= 15 is 0 Å². The van der Waals surface area contributed by atoms with Crippen molar-refractivity contribution in [2.45, 2.75) is 38.8 Å². The Kier molecular flexibility index (Phi) is 4.10. The predicted molar refractivity (Wildman–Crippen MR) is 89.5 cm³/mol. The second-order valence-electron chi connectivity index (χ2n) is 6.32. The minimum absolute atomic E-state index is 0.229. The summed E-state index contributed by atoms with van der Waals surface area (Å²) in [5.74, 6) is 0.619. The van der Waals surface area contributed by atoms with Crippen LogP contribution in [0.1, 0.15) is 30.9 Å². The summed E-state index contributed by atoms with van der Waals surface area (Å²) in [6.07, 6.45) is 4.77. The zero-order valence-electron chi connectivity index (χ0n) is 13.6. The maximum absolute atomic E-state index is 5.43. The van der Waals surface area contributed by atoms with Crippen LogP contribution in [0.25, 0.3) is 11.0 Å². The Morgan fingerprint density at radius 3 is 2.61 bits per heavy atom. The van der Waals surface area contributed by atoms with Gasteiger partial charge in [0.15, 0.2) is 0 Å². The lowest BCUT2D eigenvalue weighted by Crippen LogP contribution is -2.47. The molecule has 1 aromatic heterocycles. The van der Waals surface area contributed by atoms with E-state index in [9.17, 15) is 0 Å². The normalized spacial score (nSPS) is 19.7. The average Bonchev–Trinajstić information content (AvgIpc) is 3.05. The Balaban J connectivity index is 1.57. The second-order valence-corrected chi connectivity index (χ2v) is 6.32. The van der Waals surface area contributed by atoms with Gasteiger partial charge in [-0.1, -0.05) is 6.92 Å². The molecule has 1 atom stereocenters. The second kappa shape index (κ2) is 6.37. The van der Waals surface area contributed by atoms with Crippen LogP contribution in [0.15, 0.2) is 12.1 Å². The van der Waals surface area contributed by atoms with Crippen LogP contribution in [0, 0.1) is 0 Å². The van der Waals surface area contributed by atoms with E-state index in [0.29, 0.717) is 5.95 Å². The molecule has 1 aromatic carbocycles. The van der Waals surface area contributed by atoms with Gasteiger partial charge < -0.3 is 10.1 Å². The first-order chi connectivity index (χ1) is 11.3. The molecule has 1 aliphatic carbocycles. The number of hydrogen-bond acceptors (Lipinski definition) is 6. The Hall–Kier alpha value is -1.79. The van der Waals surface area contributed by atoms with Crippen LogP contribution in [0.5, 0.6) is 0 Å². The zero-order valence-corrected chi connectivity index (χ0v) is 13.6. The quantitative estimate of drug-likeness (QED) is 0.931. The number of rotatable bonds is 4. The standard InChI is InChI=1S/C17H23N5O/c1-2-16(22-6-8-23-9-7-22)19-17-18-14-10-12-4-3-5-13(12)11-15(14)20-21-17/h10-11,16H,2-9H2,1H3,(H,18,19,21). The van der Waals surface area contributed by atoms with E-state index in [2.05, 4.69) is 39.5 Å². The Bertz CT molecular complexity index is 699. The Labute approximate surface area is 136 Å². The number of fused-ring (bicyclic) bond motifs is 2. The molecule has 0 radical (unpaired) electrons. The minimum Gasteiger partial charge on any atom is -0.379 e. The summed E-state index contributed by atoms with van der Waals surface area (Å²) in [4.78, 5) is 7.08. The number of benzene rings is 1. The topological polar surface area (TPSA) is 63.2 Å². The first-order valence-corrected chi connectivity index (χ1v) is 8.58. The molecular weight excluding hydrogens is 290 g/mol. The number of ether oxygens (including phenoxy) is 1. The molecule has 0 saturated carbocycles. The first kappa shape index (κ1) is 14.8. The van der Waals surface area contributed by atoms with Crippen molar-refractivity contribution < 1.29 is 4.74 Å². The van der Waals surface area contributed by atoms with E-state index in [1.54, 1.807) is 0 Å². The van der Waals surface area contributed by atoms with Crippen molar-refractivity contribution in [1.82, 2.24) is 20.1 Å². The minimum atomic E-state index is 0.229. The zero-order chi connectivity index (χ0) is 15.6. The molecule has 1 aliphatic heterocycles. The van der Waals surface area contributed by atoms with Crippen LogP contribution < -0.4 is 5.32 Å². The number of nitrogens with zero attached hydrogens (tertiary/aromatic N) is 4. The molecule has 2 heterocycles. The number of nitrogens with one attached hydrogen (secondary N) is 1. The van der Waals surface area contributed by atoms with E-state index in [1.165, 1.54) is 17.5 Å². The van der Waals surface area contributed by atoms with E-state index in [4.69, 9.17) is 9.72 Å². The van der Waals surface area contributed by atoms with Gasteiger partial charge >= 0.3 is 0 Å². The number of hydrogen-bond donors (Lipinski definition) is 1. The van der Waals surface area contributed by atoms with Gasteiger partial charge in [-0.3, -0.25) is 4.90 Å². The third kappa shape index (κ3) is 3.01. The highest BCUT2D eigenvalue weighted by Gasteiger charge is 2.20. The molecule has 2 aromatic rings. The molecule has 0 bridgehead atoms. The van der Waals surface area contributed by atoms with Gasteiger partial charge in [0.25, 0.3) is 0 Å². The largest absolute Gasteiger partial charge is 0.379 e. The highest BCUT2D eigenvalue weighted by atomic mass is 16.5. The number of anilines is 1. The van der Waals surface area contributed by atoms with Crippen molar-refractivity contribution in [1.29, 1.82) is 0 Å². The summed E-state index contributed by atoms with van der Waals surface area (Å²) in [5.41, 5.74) is 4.67. The molecule has 4 rings (SSSR count). The smallest absolute Gasteiger partial charge is 0.244 e. The third-order valence-electron chi connectivity index (χ3n) is 4.84. The van der Waals surface area contributed by atoms with Gasteiger partial charge in [-0.15, -0.1) is 10.2 Å². The van der Waals surface area contributed by atoms with E-state index < -0.39 is 0 Å². The molecule has 1 unspecified atom stereocenters. The van der Waals surface area contributed by atoms with Crippen molar-refractivity contribution in [3.8, 4) is 0 Å². The fourth-order valence-electron chi connectivity index (χ4n) is 3.56. The summed E-state index contributed by atoms with van der Waals surface area (Å²) in [5, 5.41) is 12.1. The van der Waals surface area contributed by atoms with Crippen LogP contribution in [0.4, 0.5) is 5.95 Å². The van der Waals surface area contributed by atoms with Crippen LogP contribution in [0.2, 0.25) is 0 Å². The van der Waals surface area contributed by atoms with Gasteiger partial charge in [-0.25, -0.2) is 4.98 Å². The van der Waals surface area contributed by atoms with E-state index in [0.717, 1.165) is 56.6 Å². The molecule has 1 fully saturated rings. The summed E-state index contributed by atoms with van der Waals surface area (Å²) < 4.78 is 5.43. The van der Waals surface area contributed by atoms with Crippen LogP contribution in [0.3, 0.4) is 0 Å². The molecule has 1 N–H and O–H groups in total. The molecule has 6 nitrogen and oxygen atoms in total. The lowest BCUT2D eigenvalue weighted by molar-refractivity contribution is 0.0212. The fourth-order valence-corrected chi connectivity index (χ4v) is 3.56. The SMILES string of the molecule is CCC(Nc1nnc2cc3c(cc2n1)CCC3)N1CCOCC1. The maximum Gasteiger partial charge on any atom is 0.244 e. The van der Waals surface area contributed by atoms with Crippen molar-refractivity contribution in [3.63, 3.8) is 0 Å². The van der Waals surface area contributed by atoms with Crippen molar-refractivity contribution in [2.75, 3.05) is 31.6 Å². The van der Waals surface area contributed by atoms with Gasteiger partial charge in [0.2, 0.25) is 5.95 Å². The van der Waals surface area contributed by atoms with Crippen molar-refractivity contribution in [2.24, 2.45) is 0 Å². The van der Waals surface area contributed by atoms with Gasteiger partial charge in [0.05, 0.1) is 24.9 Å². The van der Waals surface area contributed by atoms with Gasteiger partial charge in [0.1, 0.15) is 5.52 Å². The summed E-state index contributed by atoms with van der Waals surface area (Å²) in [6, 6.07) is 4.34. The summed E-state index contributed by atoms with van der Waals surface area (Å²) in [7, 11) is 0. The molecule has 0 amide bonds. The number of morpholine rings is 1. The lowest BCUT2D eigenvalue weighted by Gasteiger charge is -2.34. The van der Waals surface area contributed by atoms with Crippen molar-refractivity contribution in [3.05, 3.63) is 23.3 Å². The number of aryl methyl sites for hydroxylation is 2. The summed E-state index contributed by atoms with van der Waals surface area (Å²) in [6.45, 7) is 5.65. The highest BCUT2D eigenvalue weighted by molar-refractivity contribution is 5.77. The fraction of sp³-hybridized carbons (Fsp3) is 0.588. The highest BCUT2D eigenvalue weighted by Crippen LogP contribution is 2.25.